The van der Waals surface area contributed by atoms with E-state index in [1.54, 1.807) is 6.20 Å². The number of hydrogen-bond acceptors (Lipinski definition) is 2. The van der Waals surface area contributed by atoms with Crippen LogP contribution < -0.4 is 5.32 Å². The lowest BCUT2D eigenvalue weighted by Crippen LogP contribution is -2.06. The molecule has 2 nitrogen and oxygen atoms in total. The van der Waals surface area contributed by atoms with Crippen LogP contribution in [0.2, 0.25) is 10.0 Å². The van der Waals surface area contributed by atoms with Gasteiger partial charge in [-0.1, -0.05) is 35.3 Å². The quantitative estimate of drug-likeness (QED) is 0.860. The van der Waals surface area contributed by atoms with Crippen LogP contribution in [0.1, 0.15) is 5.56 Å². The Balaban J connectivity index is 1.90. The fraction of sp³-hybridized carbons (Fsp3) is 0.154. The monoisotopic (exact) mass is 344 g/mol. The maximum absolute atomic E-state index is 6.06. The van der Waals surface area contributed by atoms with Crippen molar-refractivity contribution in [1.82, 2.24) is 4.98 Å². The van der Waals surface area contributed by atoms with Crippen LogP contribution in [0.4, 0.5) is 5.82 Å². The van der Waals surface area contributed by atoms with Gasteiger partial charge in [-0.15, -0.1) is 0 Å². The van der Waals surface area contributed by atoms with E-state index in [0.717, 1.165) is 22.5 Å². The number of aromatic nitrogens is 1. The third kappa shape index (κ3) is 3.87. The Morgan fingerprint density at radius 3 is 2.56 bits per heavy atom. The molecule has 0 bridgehead atoms. The van der Waals surface area contributed by atoms with Crippen LogP contribution in [-0.2, 0) is 6.42 Å². The molecule has 2 rings (SSSR count). The Morgan fingerprint density at radius 2 is 1.89 bits per heavy atom. The molecule has 0 atom stereocenters. The van der Waals surface area contributed by atoms with E-state index in [4.69, 9.17) is 23.2 Å². The highest BCUT2D eigenvalue weighted by Crippen LogP contribution is 2.22. The molecule has 1 aromatic carbocycles. The number of rotatable bonds is 4. The molecule has 18 heavy (non-hydrogen) atoms. The van der Waals surface area contributed by atoms with Crippen LogP contribution in [-0.4, -0.2) is 11.5 Å². The molecule has 0 spiro atoms. The van der Waals surface area contributed by atoms with Gasteiger partial charge in [0.25, 0.3) is 0 Å². The summed E-state index contributed by atoms with van der Waals surface area (Å²) in [6.45, 7) is 0.774. The largest absolute Gasteiger partial charge is 0.369 e. The predicted molar refractivity (Wildman–Crippen MR) is 80.6 cm³/mol. The van der Waals surface area contributed by atoms with E-state index in [9.17, 15) is 0 Å². The molecular weight excluding hydrogens is 335 g/mol. The SMILES string of the molecule is Clc1ccc(CCNc2ncc(Br)cc2Cl)cc1. The summed E-state index contributed by atoms with van der Waals surface area (Å²) >= 11 is 15.2. The zero-order valence-corrected chi connectivity index (χ0v) is 12.6. The van der Waals surface area contributed by atoms with Crippen molar-refractivity contribution in [2.45, 2.75) is 6.42 Å². The number of pyridine rings is 1. The molecule has 0 saturated carbocycles. The Morgan fingerprint density at radius 1 is 1.17 bits per heavy atom. The molecule has 1 N–H and O–H groups in total. The van der Waals surface area contributed by atoms with Crippen molar-refractivity contribution in [2.75, 3.05) is 11.9 Å². The summed E-state index contributed by atoms with van der Waals surface area (Å²) in [5.74, 6) is 0.703. The number of halogens is 3. The molecule has 0 unspecified atom stereocenters. The van der Waals surface area contributed by atoms with Gasteiger partial charge in [-0.25, -0.2) is 4.98 Å². The summed E-state index contributed by atoms with van der Waals surface area (Å²) in [5, 5.41) is 4.57. The van der Waals surface area contributed by atoms with E-state index in [1.165, 1.54) is 5.56 Å². The molecule has 0 aliphatic carbocycles. The number of benzene rings is 1. The average molecular weight is 346 g/mol. The Kier molecular flexibility index (Phi) is 4.87. The Bertz CT molecular complexity index is 529. The lowest BCUT2D eigenvalue weighted by atomic mass is 10.1. The highest BCUT2D eigenvalue weighted by Gasteiger charge is 2.02. The number of anilines is 1. The number of nitrogens with zero attached hydrogens (tertiary/aromatic N) is 1. The van der Waals surface area contributed by atoms with Gasteiger partial charge in [-0.2, -0.15) is 0 Å². The van der Waals surface area contributed by atoms with Crippen molar-refractivity contribution in [3.05, 3.63) is 56.6 Å². The van der Waals surface area contributed by atoms with Gasteiger partial charge in [-0.3, -0.25) is 0 Å². The number of nitrogens with one attached hydrogen (secondary N) is 1. The molecule has 0 radical (unpaired) electrons. The van der Waals surface area contributed by atoms with E-state index in [2.05, 4.69) is 26.2 Å². The van der Waals surface area contributed by atoms with Gasteiger partial charge in [-0.05, 0) is 46.1 Å². The van der Waals surface area contributed by atoms with Gasteiger partial charge < -0.3 is 5.32 Å². The van der Waals surface area contributed by atoms with E-state index in [1.807, 2.05) is 30.3 Å². The maximum atomic E-state index is 6.06. The second-order valence-corrected chi connectivity index (χ2v) is 5.55. The number of hydrogen-bond donors (Lipinski definition) is 1. The topological polar surface area (TPSA) is 24.9 Å². The highest BCUT2D eigenvalue weighted by molar-refractivity contribution is 9.10. The fourth-order valence-electron chi connectivity index (χ4n) is 1.52. The maximum Gasteiger partial charge on any atom is 0.144 e. The summed E-state index contributed by atoms with van der Waals surface area (Å²) < 4.78 is 0.871. The molecular formula is C13H11BrCl2N2. The fourth-order valence-corrected chi connectivity index (χ4v) is 2.34. The van der Waals surface area contributed by atoms with Crippen molar-refractivity contribution >= 4 is 44.9 Å². The molecule has 0 saturated heterocycles. The molecule has 2 aromatic rings. The van der Waals surface area contributed by atoms with Crippen LogP contribution in [0.3, 0.4) is 0 Å². The molecule has 0 amide bonds. The summed E-state index contributed by atoms with van der Waals surface area (Å²) in [4.78, 5) is 4.21. The lowest BCUT2D eigenvalue weighted by molar-refractivity contribution is 1.01. The van der Waals surface area contributed by atoms with Crippen molar-refractivity contribution in [2.24, 2.45) is 0 Å². The molecule has 1 heterocycles. The summed E-state index contributed by atoms with van der Waals surface area (Å²) in [6.07, 6.45) is 2.61. The first kappa shape index (κ1) is 13.7. The molecule has 0 fully saturated rings. The van der Waals surface area contributed by atoms with E-state index >= 15 is 0 Å². The van der Waals surface area contributed by atoms with Crippen molar-refractivity contribution in [1.29, 1.82) is 0 Å². The zero-order chi connectivity index (χ0) is 13.0. The molecule has 94 valence electrons. The smallest absolute Gasteiger partial charge is 0.144 e. The summed E-state index contributed by atoms with van der Waals surface area (Å²) in [7, 11) is 0. The Labute approximate surface area is 124 Å². The summed E-state index contributed by atoms with van der Waals surface area (Å²) in [6, 6.07) is 9.63. The highest BCUT2D eigenvalue weighted by atomic mass is 79.9. The van der Waals surface area contributed by atoms with Gasteiger partial charge in [0.1, 0.15) is 5.82 Å². The van der Waals surface area contributed by atoms with Gasteiger partial charge >= 0.3 is 0 Å². The van der Waals surface area contributed by atoms with Gasteiger partial charge in [0.15, 0.2) is 0 Å². The molecule has 1 aromatic heterocycles. The third-order valence-corrected chi connectivity index (χ3v) is 3.40. The summed E-state index contributed by atoms with van der Waals surface area (Å²) in [5.41, 5.74) is 1.22. The van der Waals surface area contributed by atoms with Gasteiger partial charge in [0.2, 0.25) is 0 Å². The second-order valence-electron chi connectivity index (χ2n) is 3.79. The third-order valence-electron chi connectivity index (χ3n) is 2.43. The van der Waals surface area contributed by atoms with E-state index in [-0.39, 0.29) is 0 Å². The van der Waals surface area contributed by atoms with E-state index in [0.29, 0.717) is 10.8 Å². The average Bonchev–Trinajstić information content (AvgIpc) is 2.34. The zero-order valence-electron chi connectivity index (χ0n) is 9.46. The van der Waals surface area contributed by atoms with Crippen LogP contribution in [0.5, 0.6) is 0 Å². The minimum absolute atomic E-state index is 0.612. The lowest BCUT2D eigenvalue weighted by Gasteiger charge is -2.07. The standard InChI is InChI=1S/C13H11BrCl2N2/c14-10-7-12(16)13(18-8-10)17-6-5-9-1-3-11(15)4-2-9/h1-4,7-8H,5-6H2,(H,17,18). The van der Waals surface area contributed by atoms with Gasteiger partial charge in [0.05, 0.1) is 5.02 Å². The normalized spacial score (nSPS) is 10.4. The minimum atomic E-state index is 0.612. The molecule has 5 heteroatoms. The first-order chi connectivity index (χ1) is 8.65. The van der Waals surface area contributed by atoms with Crippen molar-refractivity contribution < 1.29 is 0 Å². The van der Waals surface area contributed by atoms with Gasteiger partial charge in [0, 0.05) is 22.2 Å². The Hall–Kier alpha value is -0.770. The van der Waals surface area contributed by atoms with Crippen LogP contribution in [0.25, 0.3) is 0 Å². The van der Waals surface area contributed by atoms with Crippen LogP contribution in [0.15, 0.2) is 41.0 Å². The van der Waals surface area contributed by atoms with Crippen LogP contribution >= 0.6 is 39.1 Å². The molecule has 0 aliphatic rings. The van der Waals surface area contributed by atoms with E-state index < -0.39 is 0 Å². The minimum Gasteiger partial charge on any atom is -0.369 e. The first-order valence-corrected chi connectivity index (χ1v) is 6.99. The van der Waals surface area contributed by atoms with Crippen molar-refractivity contribution in [3.63, 3.8) is 0 Å². The second kappa shape index (κ2) is 6.41. The molecule has 0 aliphatic heterocycles. The first-order valence-electron chi connectivity index (χ1n) is 5.44. The predicted octanol–water partition coefficient (Wildman–Crippen LogP) is 4.81. The van der Waals surface area contributed by atoms with Crippen LogP contribution in [0, 0.1) is 0 Å². The van der Waals surface area contributed by atoms with Crippen molar-refractivity contribution in [3.8, 4) is 0 Å².